The van der Waals surface area contributed by atoms with Gasteiger partial charge in [-0.05, 0) is 44.8 Å². The Bertz CT molecular complexity index is 580. The third-order valence-electron chi connectivity index (χ3n) is 3.86. The van der Waals surface area contributed by atoms with Crippen molar-refractivity contribution in [2.45, 2.75) is 37.8 Å². The molecule has 1 aromatic carbocycles. The smallest absolute Gasteiger partial charge is 0.326 e. The molecule has 1 unspecified atom stereocenters. The number of hydrogen-bond acceptors (Lipinski definition) is 5. The molecule has 0 aliphatic carbocycles. The predicted octanol–water partition coefficient (Wildman–Crippen LogP) is -0.368. The van der Waals surface area contributed by atoms with Crippen molar-refractivity contribution in [2.75, 3.05) is 20.1 Å². The molecule has 0 radical (unpaired) electrons. The summed E-state index contributed by atoms with van der Waals surface area (Å²) in [6.07, 6.45) is 2.19. The third-order valence-corrected chi connectivity index (χ3v) is 3.86. The van der Waals surface area contributed by atoms with Crippen molar-refractivity contribution in [3.8, 4) is 0 Å². The fraction of sp³-hybridized carbons (Fsp3) is 0.500. The molecule has 0 saturated carbocycles. The van der Waals surface area contributed by atoms with Crippen LogP contribution in [0.3, 0.4) is 0 Å². The van der Waals surface area contributed by atoms with Crippen molar-refractivity contribution >= 4 is 17.8 Å². The van der Waals surface area contributed by atoms with E-state index in [1.54, 1.807) is 0 Å². The van der Waals surface area contributed by atoms with Gasteiger partial charge in [0, 0.05) is 0 Å². The monoisotopic (exact) mass is 364 g/mol. The molecular formula is C18H28N4O4. The summed E-state index contributed by atoms with van der Waals surface area (Å²) < 4.78 is 0. The van der Waals surface area contributed by atoms with Crippen molar-refractivity contribution in [3.63, 3.8) is 0 Å². The van der Waals surface area contributed by atoms with Gasteiger partial charge in [-0.15, -0.1) is 0 Å². The number of unbranched alkanes of at least 4 members (excludes halogenated alkanes) is 1. The number of rotatable bonds is 12. The number of benzene rings is 1. The van der Waals surface area contributed by atoms with Crippen molar-refractivity contribution in [2.24, 2.45) is 5.73 Å². The Kier molecular flexibility index (Phi) is 9.96. The quantitative estimate of drug-likeness (QED) is 0.321. The number of carboxylic acids is 1. The van der Waals surface area contributed by atoms with Gasteiger partial charge in [-0.1, -0.05) is 30.3 Å². The lowest BCUT2D eigenvalue weighted by molar-refractivity contribution is -0.142. The van der Waals surface area contributed by atoms with E-state index < -0.39 is 29.9 Å². The largest absolute Gasteiger partial charge is 0.480 e. The second-order valence-electron chi connectivity index (χ2n) is 6.07. The first-order valence-electron chi connectivity index (χ1n) is 8.68. The van der Waals surface area contributed by atoms with Crippen LogP contribution >= 0.6 is 0 Å². The highest BCUT2D eigenvalue weighted by Crippen LogP contribution is 2.02. The Morgan fingerprint density at radius 3 is 2.46 bits per heavy atom. The van der Waals surface area contributed by atoms with Gasteiger partial charge in [-0.3, -0.25) is 9.59 Å². The molecule has 6 N–H and O–H groups in total. The van der Waals surface area contributed by atoms with Crippen molar-refractivity contribution in [3.05, 3.63) is 35.9 Å². The highest BCUT2D eigenvalue weighted by atomic mass is 16.4. The van der Waals surface area contributed by atoms with E-state index in [-0.39, 0.29) is 6.54 Å². The second-order valence-corrected chi connectivity index (χ2v) is 6.07. The van der Waals surface area contributed by atoms with Crippen LogP contribution in [0.5, 0.6) is 0 Å². The lowest BCUT2D eigenvalue weighted by Gasteiger charge is -2.16. The molecule has 2 atom stereocenters. The Balaban J connectivity index is 2.36. The van der Waals surface area contributed by atoms with Crippen LogP contribution in [-0.4, -0.2) is 55.1 Å². The number of aliphatic carboxylic acids is 1. The Morgan fingerprint density at radius 1 is 1.15 bits per heavy atom. The Morgan fingerprint density at radius 2 is 1.85 bits per heavy atom. The summed E-state index contributed by atoms with van der Waals surface area (Å²) in [6, 6.07) is 7.58. The predicted molar refractivity (Wildman–Crippen MR) is 98.5 cm³/mol. The average molecular weight is 364 g/mol. The summed E-state index contributed by atoms with van der Waals surface area (Å²) in [5.41, 5.74) is 6.76. The number of carbonyl (C=O) groups is 3. The van der Waals surface area contributed by atoms with Crippen LogP contribution in [0.1, 0.15) is 24.8 Å². The van der Waals surface area contributed by atoms with E-state index in [9.17, 15) is 19.5 Å². The van der Waals surface area contributed by atoms with Crippen LogP contribution in [-0.2, 0) is 20.8 Å². The maximum atomic E-state index is 12.0. The van der Waals surface area contributed by atoms with Gasteiger partial charge in [0.05, 0.1) is 12.6 Å². The summed E-state index contributed by atoms with van der Waals surface area (Å²) in [4.78, 5) is 35.1. The summed E-state index contributed by atoms with van der Waals surface area (Å²) in [5, 5.41) is 17.0. The van der Waals surface area contributed by atoms with Crippen molar-refractivity contribution in [1.82, 2.24) is 16.0 Å². The number of nitrogens with two attached hydrogens (primary N) is 1. The van der Waals surface area contributed by atoms with E-state index >= 15 is 0 Å². The van der Waals surface area contributed by atoms with Gasteiger partial charge in [0.1, 0.15) is 6.04 Å². The zero-order chi connectivity index (χ0) is 19.4. The van der Waals surface area contributed by atoms with Crippen LogP contribution in [0.4, 0.5) is 0 Å². The third kappa shape index (κ3) is 8.59. The maximum absolute atomic E-state index is 12.0. The Labute approximate surface area is 153 Å². The highest BCUT2D eigenvalue weighted by Gasteiger charge is 2.20. The Hall–Kier alpha value is -2.45. The van der Waals surface area contributed by atoms with E-state index in [2.05, 4.69) is 16.0 Å². The van der Waals surface area contributed by atoms with Gasteiger partial charge in [0.25, 0.3) is 0 Å². The molecular weight excluding hydrogens is 336 g/mol. The first kappa shape index (κ1) is 21.6. The van der Waals surface area contributed by atoms with Crippen LogP contribution < -0.4 is 21.7 Å². The standard InChI is InChI=1S/C18H28N4O4/c1-20-10-6-5-9-15(18(25)26)22-16(23)12-21-17(24)14(19)11-13-7-3-2-4-8-13/h2-4,7-8,14-15,20H,5-6,9-12,19H2,1H3,(H,21,24)(H,22,23)(H,25,26)/t14-,15?/m1/s1. The van der Waals surface area contributed by atoms with Crippen molar-refractivity contribution < 1.29 is 19.5 Å². The SMILES string of the molecule is CNCCCCC(NC(=O)CNC(=O)[C@H](N)Cc1ccccc1)C(=O)O. The minimum absolute atomic E-state index is 0.304. The molecule has 0 bridgehead atoms. The van der Waals surface area contributed by atoms with E-state index in [1.165, 1.54) is 0 Å². The summed E-state index contributed by atoms with van der Waals surface area (Å²) in [5.74, 6) is -2.09. The molecule has 0 aliphatic heterocycles. The second kappa shape index (κ2) is 12.0. The lowest BCUT2D eigenvalue weighted by Crippen LogP contribution is -2.49. The number of nitrogens with one attached hydrogen (secondary N) is 3. The zero-order valence-electron chi connectivity index (χ0n) is 15.0. The molecule has 1 aromatic rings. The van der Waals surface area contributed by atoms with Gasteiger partial charge >= 0.3 is 5.97 Å². The summed E-state index contributed by atoms with van der Waals surface area (Å²) in [6.45, 7) is 0.483. The van der Waals surface area contributed by atoms with Crippen LogP contribution in [0.2, 0.25) is 0 Å². The molecule has 8 nitrogen and oxygen atoms in total. The number of amides is 2. The van der Waals surface area contributed by atoms with E-state index in [4.69, 9.17) is 5.73 Å². The number of hydrogen-bond donors (Lipinski definition) is 5. The zero-order valence-corrected chi connectivity index (χ0v) is 15.0. The molecule has 0 spiro atoms. The number of carboxylic acid groups (broad SMARTS) is 1. The van der Waals surface area contributed by atoms with E-state index in [0.29, 0.717) is 19.3 Å². The van der Waals surface area contributed by atoms with Gasteiger partial charge in [0.15, 0.2) is 0 Å². The van der Waals surface area contributed by atoms with Gasteiger partial charge in [-0.25, -0.2) is 4.79 Å². The average Bonchev–Trinajstić information content (AvgIpc) is 2.62. The van der Waals surface area contributed by atoms with Crippen LogP contribution in [0, 0.1) is 0 Å². The van der Waals surface area contributed by atoms with Crippen LogP contribution in [0.15, 0.2) is 30.3 Å². The van der Waals surface area contributed by atoms with Gasteiger partial charge < -0.3 is 26.8 Å². The molecule has 0 aromatic heterocycles. The first-order valence-corrected chi connectivity index (χ1v) is 8.68. The van der Waals surface area contributed by atoms with Crippen molar-refractivity contribution in [1.29, 1.82) is 0 Å². The molecule has 0 aliphatic rings. The van der Waals surface area contributed by atoms with E-state index in [1.807, 2.05) is 37.4 Å². The highest BCUT2D eigenvalue weighted by molar-refractivity contribution is 5.89. The fourth-order valence-corrected chi connectivity index (χ4v) is 2.41. The molecule has 0 heterocycles. The molecule has 0 fully saturated rings. The molecule has 0 saturated heterocycles. The van der Waals surface area contributed by atoms with Crippen LogP contribution in [0.25, 0.3) is 0 Å². The summed E-state index contributed by atoms with van der Waals surface area (Å²) >= 11 is 0. The molecule has 26 heavy (non-hydrogen) atoms. The molecule has 8 heteroatoms. The van der Waals surface area contributed by atoms with Gasteiger partial charge in [0.2, 0.25) is 11.8 Å². The minimum atomic E-state index is -1.09. The van der Waals surface area contributed by atoms with Gasteiger partial charge in [-0.2, -0.15) is 0 Å². The number of carbonyl (C=O) groups excluding carboxylic acids is 2. The van der Waals surface area contributed by atoms with E-state index in [0.717, 1.165) is 18.5 Å². The summed E-state index contributed by atoms with van der Waals surface area (Å²) in [7, 11) is 1.82. The fourth-order valence-electron chi connectivity index (χ4n) is 2.41. The topological polar surface area (TPSA) is 134 Å². The molecule has 2 amide bonds. The maximum Gasteiger partial charge on any atom is 0.326 e. The minimum Gasteiger partial charge on any atom is -0.480 e. The normalized spacial score (nSPS) is 12.8. The lowest BCUT2D eigenvalue weighted by atomic mass is 10.1. The molecule has 1 rings (SSSR count). The molecule has 144 valence electrons. The first-order chi connectivity index (χ1) is 12.4.